The molecule has 0 aliphatic carbocycles. The maximum atomic E-state index is 12.7. The number of urea groups is 1. The van der Waals surface area contributed by atoms with E-state index in [4.69, 9.17) is 4.74 Å². The number of methoxy groups -OCH3 is 1. The van der Waals surface area contributed by atoms with Crippen molar-refractivity contribution >= 4 is 6.03 Å². The van der Waals surface area contributed by atoms with Gasteiger partial charge in [-0.05, 0) is 44.0 Å². The molecule has 0 saturated heterocycles. The lowest BCUT2D eigenvalue weighted by molar-refractivity contribution is 0.185. The predicted octanol–water partition coefficient (Wildman–Crippen LogP) is 4.25. The van der Waals surface area contributed by atoms with Gasteiger partial charge in [-0.1, -0.05) is 24.6 Å². The first-order valence-corrected chi connectivity index (χ1v) is 8.55. The molecule has 0 radical (unpaired) electrons. The number of carbonyl (C=O) groups is 1. The molecule has 5 heteroatoms. The fourth-order valence-electron chi connectivity index (χ4n) is 3.02. The Balaban J connectivity index is 2.14. The number of carbonyl (C=O) groups excluding carboxylic acids is 1. The number of benzene rings is 1. The third-order valence-corrected chi connectivity index (χ3v) is 4.46. The van der Waals surface area contributed by atoms with E-state index >= 15 is 0 Å². The Kier molecular flexibility index (Phi) is 6.39. The second-order valence-electron chi connectivity index (χ2n) is 6.23. The van der Waals surface area contributed by atoms with Crippen molar-refractivity contribution in [3.8, 4) is 5.75 Å². The number of amides is 2. The summed E-state index contributed by atoms with van der Waals surface area (Å²) in [6, 6.07) is 9.62. The van der Waals surface area contributed by atoms with Crippen molar-refractivity contribution in [3.63, 3.8) is 0 Å². The van der Waals surface area contributed by atoms with Gasteiger partial charge >= 0.3 is 6.03 Å². The first kappa shape index (κ1) is 18.8. The molecule has 0 aliphatic heterocycles. The van der Waals surface area contributed by atoms with Crippen LogP contribution in [-0.2, 0) is 0 Å². The summed E-state index contributed by atoms with van der Waals surface area (Å²) in [4.78, 5) is 18.5. The molecule has 1 N–H and O–H groups in total. The number of nitrogens with zero attached hydrogens (tertiary/aromatic N) is 2. The fourth-order valence-corrected chi connectivity index (χ4v) is 3.02. The summed E-state index contributed by atoms with van der Waals surface area (Å²) in [7, 11) is 3.47. The number of hydrogen-bond donors (Lipinski definition) is 1. The van der Waals surface area contributed by atoms with Gasteiger partial charge < -0.3 is 15.0 Å². The Morgan fingerprint density at radius 2 is 1.96 bits per heavy atom. The molecule has 1 aromatic heterocycles. The average Bonchev–Trinajstić information content (AvgIpc) is 2.63. The Bertz CT molecular complexity index is 703. The van der Waals surface area contributed by atoms with Gasteiger partial charge in [0.05, 0.1) is 19.2 Å². The topological polar surface area (TPSA) is 54.5 Å². The number of aryl methyl sites for hydroxylation is 1. The lowest BCUT2D eigenvalue weighted by Crippen LogP contribution is -2.40. The minimum atomic E-state index is -0.153. The maximum Gasteiger partial charge on any atom is 0.318 e. The van der Waals surface area contributed by atoms with Crippen molar-refractivity contribution in [2.45, 2.75) is 39.3 Å². The van der Waals surface area contributed by atoms with Gasteiger partial charge in [0.2, 0.25) is 0 Å². The third kappa shape index (κ3) is 4.50. The molecule has 5 nitrogen and oxygen atoms in total. The number of ether oxygens (including phenoxy) is 1. The highest BCUT2D eigenvalue weighted by atomic mass is 16.5. The van der Waals surface area contributed by atoms with E-state index < -0.39 is 0 Å². The minimum Gasteiger partial charge on any atom is -0.496 e. The number of pyridine rings is 1. The van der Waals surface area contributed by atoms with Crippen molar-refractivity contribution < 1.29 is 9.53 Å². The standard InChI is InChI=1S/C20H27N3O2/c1-6-18(16-9-11-21-12-10-16)23(4)20(24)22-15(3)17-13-14(2)7-8-19(17)25-5/h7-13,15,18H,6H2,1-5H3,(H,22,24)/t15-,18-/m1/s1. The smallest absolute Gasteiger partial charge is 0.318 e. The van der Waals surface area contributed by atoms with Crippen LogP contribution in [0.1, 0.15) is 49.0 Å². The van der Waals surface area contributed by atoms with Gasteiger partial charge in [-0.25, -0.2) is 4.79 Å². The first-order valence-electron chi connectivity index (χ1n) is 8.55. The Morgan fingerprint density at radius 3 is 2.56 bits per heavy atom. The molecule has 0 unspecified atom stereocenters. The van der Waals surface area contributed by atoms with E-state index in [9.17, 15) is 4.79 Å². The fraction of sp³-hybridized carbons (Fsp3) is 0.400. The highest BCUT2D eigenvalue weighted by molar-refractivity contribution is 5.75. The Hall–Kier alpha value is -2.56. The van der Waals surface area contributed by atoms with E-state index in [0.717, 1.165) is 28.9 Å². The SMILES string of the molecule is CC[C@H](c1ccncc1)N(C)C(=O)N[C@H](C)c1cc(C)ccc1OC. The molecule has 0 saturated carbocycles. The van der Waals surface area contributed by atoms with Gasteiger partial charge in [-0.2, -0.15) is 0 Å². The van der Waals surface area contributed by atoms with Crippen LogP contribution < -0.4 is 10.1 Å². The van der Waals surface area contributed by atoms with Crippen LogP contribution in [0.25, 0.3) is 0 Å². The van der Waals surface area contributed by atoms with Crippen molar-refractivity contribution in [2.24, 2.45) is 0 Å². The second-order valence-corrected chi connectivity index (χ2v) is 6.23. The number of nitrogens with one attached hydrogen (secondary N) is 1. The van der Waals surface area contributed by atoms with Gasteiger partial charge in [0.25, 0.3) is 0 Å². The first-order chi connectivity index (χ1) is 12.0. The van der Waals surface area contributed by atoms with Crippen LogP contribution in [0.3, 0.4) is 0 Å². The molecule has 134 valence electrons. The molecule has 2 rings (SSSR count). The monoisotopic (exact) mass is 341 g/mol. The summed E-state index contributed by atoms with van der Waals surface area (Å²) in [5, 5.41) is 3.07. The normalized spacial score (nSPS) is 13.0. The van der Waals surface area contributed by atoms with Crippen LogP contribution in [0.4, 0.5) is 4.79 Å². The van der Waals surface area contributed by atoms with Crippen molar-refractivity contribution in [2.75, 3.05) is 14.2 Å². The molecular weight excluding hydrogens is 314 g/mol. The van der Waals surface area contributed by atoms with E-state index in [1.54, 1.807) is 24.4 Å². The molecule has 25 heavy (non-hydrogen) atoms. The molecule has 0 fully saturated rings. The highest BCUT2D eigenvalue weighted by Crippen LogP contribution is 2.27. The summed E-state index contributed by atoms with van der Waals surface area (Å²) < 4.78 is 5.43. The minimum absolute atomic E-state index is 0.00889. The zero-order valence-electron chi connectivity index (χ0n) is 15.6. The molecule has 0 spiro atoms. The average molecular weight is 341 g/mol. The molecule has 1 aromatic carbocycles. The van der Waals surface area contributed by atoms with Crippen LogP contribution in [-0.4, -0.2) is 30.1 Å². The number of rotatable bonds is 6. The lowest BCUT2D eigenvalue weighted by Gasteiger charge is -2.29. The number of aromatic nitrogens is 1. The molecule has 0 bridgehead atoms. The van der Waals surface area contributed by atoms with Crippen molar-refractivity contribution in [3.05, 3.63) is 59.4 Å². The van der Waals surface area contributed by atoms with Gasteiger partial charge in [0.15, 0.2) is 0 Å². The molecule has 2 aromatic rings. The molecule has 0 aliphatic rings. The van der Waals surface area contributed by atoms with Crippen molar-refractivity contribution in [1.29, 1.82) is 0 Å². The predicted molar refractivity (Wildman–Crippen MR) is 99.7 cm³/mol. The second kappa shape index (κ2) is 8.51. The summed E-state index contributed by atoms with van der Waals surface area (Å²) in [5.41, 5.74) is 3.19. The Morgan fingerprint density at radius 1 is 1.28 bits per heavy atom. The molecule has 1 heterocycles. The van der Waals surface area contributed by atoms with E-state index in [-0.39, 0.29) is 18.1 Å². The summed E-state index contributed by atoms with van der Waals surface area (Å²) >= 11 is 0. The van der Waals surface area contributed by atoms with E-state index in [2.05, 4.69) is 17.2 Å². The van der Waals surface area contributed by atoms with Crippen LogP contribution in [0.15, 0.2) is 42.7 Å². The van der Waals surface area contributed by atoms with Crippen molar-refractivity contribution in [1.82, 2.24) is 15.2 Å². The van der Waals surface area contributed by atoms with Crippen LogP contribution in [0.2, 0.25) is 0 Å². The quantitative estimate of drug-likeness (QED) is 0.854. The van der Waals surface area contributed by atoms with Gasteiger partial charge in [0, 0.05) is 25.0 Å². The summed E-state index contributed by atoms with van der Waals surface area (Å²) in [5.74, 6) is 0.780. The van der Waals surface area contributed by atoms with Gasteiger partial charge in [0.1, 0.15) is 5.75 Å². The van der Waals surface area contributed by atoms with E-state index in [1.165, 1.54) is 0 Å². The van der Waals surface area contributed by atoms with Crippen LogP contribution >= 0.6 is 0 Å². The highest BCUT2D eigenvalue weighted by Gasteiger charge is 2.22. The van der Waals surface area contributed by atoms with Gasteiger partial charge in [-0.3, -0.25) is 4.98 Å². The maximum absolute atomic E-state index is 12.7. The summed E-state index contributed by atoms with van der Waals surface area (Å²) in [6.45, 7) is 6.07. The van der Waals surface area contributed by atoms with Crippen LogP contribution in [0.5, 0.6) is 5.75 Å². The number of hydrogen-bond acceptors (Lipinski definition) is 3. The van der Waals surface area contributed by atoms with Gasteiger partial charge in [-0.15, -0.1) is 0 Å². The molecule has 2 atom stereocenters. The summed E-state index contributed by atoms with van der Waals surface area (Å²) in [6.07, 6.45) is 4.34. The molecule has 2 amide bonds. The largest absolute Gasteiger partial charge is 0.496 e. The van der Waals surface area contributed by atoms with E-state index in [0.29, 0.717) is 0 Å². The zero-order valence-corrected chi connectivity index (χ0v) is 15.6. The third-order valence-electron chi connectivity index (χ3n) is 4.46. The molecular formula is C20H27N3O2. The van der Waals surface area contributed by atoms with E-state index in [1.807, 2.05) is 51.2 Å². The Labute approximate surface area is 150 Å². The zero-order chi connectivity index (χ0) is 18.4. The van der Waals surface area contributed by atoms with Crippen LogP contribution in [0, 0.1) is 6.92 Å². The lowest BCUT2D eigenvalue weighted by atomic mass is 10.0.